The van der Waals surface area contributed by atoms with Crippen molar-refractivity contribution in [2.75, 3.05) is 0 Å². The zero-order valence-corrected chi connectivity index (χ0v) is 16.5. The van der Waals surface area contributed by atoms with E-state index in [1.54, 1.807) is 0 Å². The molecular weight excluding hydrogens is 328 g/mol. The Bertz CT molecular complexity index is 665. The van der Waals surface area contributed by atoms with Crippen molar-refractivity contribution in [3.8, 4) is 0 Å². The van der Waals surface area contributed by atoms with E-state index >= 15 is 0 Å². The van der Waals surface area contributed by atoms with Crippen LogP contribution >= 0.6 is 0 Å². The minimum absolute atomic E-state index is 0.0705. The molecule has 0 aliphatic heterocycles. The molecule has 2 fully saturated rings. The van der Waals surface area contributed by atoms with Crippen LogP contribution in [0.2, 0.25) is 0 Å². The van der Waals surface area contributed by atoms with Crippen LogP contribution in [-0.4, -0.2) is 23.1 Å². The van der Waals surface area contributed by atoms with Gasteiger partial charge in [-0.3, -0.25) is 9.59 Å². The maximum Gasteiger partial charge on any atom is 0.309 e. The predicted octanol–water partition coefficient (Wildman–Crippen LogP) is 4.75. The number of fused-ring (bicyclic) bond motifs is 3. The Hall–Kier alpha value is -1.58. The molecule has 1 N–H and O–H groups in total. The Morgan fingerprint density at radius 3 is 2.58 bits per heavy atom. The number of carboxylic acid groups (broad SMARTS) is 1. The van der Waals surface area contributed by atoms with Crippen molar-refractivity contribution in [2.24, 2.45) is 28.1 Å². The van der Waals surface area contributed by atoms with Crippen molar-refractivity contribution in [2.45, 2.75) is 72.3 Å². The Morgan fingerprint density at radius 2 is 2.00 bits per heavy atom. The summed E-state index contributed by atoms with van der Waals surface area (Å²) in [5.41, 5.74) is 0.377. The van der Waals surface area contributed by atoms with Crippen molar-refractivity contribution in [3.63, 3.8) is 0 Å². The van der Waals surface area contributed by atoms with E-state index in [1.165, 1.54) is 12.5 Å². The molecule has 0 aromatic rings. The smallest absolute Gasteiger partial charge is 0.309 e. The van der Waals surface area contributed by atoms with Gasteiger partial charge in [-0.2, -0.15) is 0 Å². The van der Waals surface area contributed by atoms with Crippen LogP contribution in [-0.2, 0) is 14.3 Å². The van der Waals surface area contributed by atoms with Gasteiger partial charge in [-0.1, -0.05) is 38.0 Å². The highest BCUT2D eigenvalue weighted by molar-refractivity contribution is 5.75. The summed E-state index contributed by atoms with van der Waals surface area (Å²) in [4.78, 5) is 23.9. The van der Waals surface area contributed by atoms with Crippen LogP contribution in [0.15, 0.2) is 24.3 Å². The average Bonchev–Trinajstić information content (AvgIpc) is 2.53. The summed E-state index contributed by atoms with van der Waals surface area (Å²) in [5, 5.41) is 9.96. The van der Waals surface area contributed by atoms with Crippen molar-refractivity contribution in [3.05, 3.63) is 24.3 Å². The number of esters is 1. The minimum atomic E-state index is -0.713. The predicted molar refractivity (Wildman–Crippen MR) is 100 cm³/mol. The lowest BCUT2D eigenvalue weighted by Gasteiger charge is -2.60. The molecule has 0 aromatic carbocycles. The van der Waals surface area contributed by atoms with Crippen LogP contribution in [0.1, 0.15) is 66.2 Å². The van der Waals surface area contributed by atoms with Crippen molar-refractivity contribution in [1.29, 1.82) is 0 Å². The summed E-state index contributed by atoms with van der Waals surface area (Å²) in [6.07, 6.45) is 9.12. The summed E-state index contributed by atoms with van der Waals surface area (Å²) in [7, 11) is 0. The fraction of sp³-hybridized carbons (Fsp3) is 0.727. The highest BCUT2D eigenvalue weighted by Gasteiger charge is 2.60. The summed E-state index contributed by atoms with van der Waals surface area (Å²) in [5.74, 6) is -0.774. The molecule has 144 valence electrons. The van der Waals surface area contributed by atoms with Gasteiger partial charge in [-0.05, 0) is 55.8 Å². The second-order valence-electron chi connectivity index (χ2n) is 9.51. The number of rotatable bonds is 3. The lowest BCUT2D eigenvalue weighted by molar-refractivity contribution is -0.174. The first kappa shape index (κ1) is 19.2. The van der Waals surface area contributed by atoms with E-state index < -0.39 is 11.4 Å². The molecule has 2 saturated carbocycles. The zero-order valence-electron chi connectivity index (χ0n) is 16.5. The van der Waals surface area contributed by atoms with Gasteiger partial charge in [0.1, 0.15) is 6.10 Å². The molecule has 26 heavy (non-hydrogen) atoms. The molecule has 3 aliphatic carbocycles. The van der Waals surface area contributed by atoms with Gasteiger partial charge >= 0.3 is 11.9 Å². The SMILES string of the molecule is C=C[C@]1(C)CC2=CC[C@@H]3[C@](C)(CCC[C@@]3(C)C(=O)O)[C@H]2[C@H](OC(C)=O)C1. The van der Waals surface area contributed by atoms with Crippen LogP contribution in [0.3, 0.4) is 0 Å². The first-order valence-corrected chi connectivity index (χ1v) is 9.79. The molecule has 0 radical (unpaired) electrons. The molecule has 0 spiro atoms. The van der Waals surface area contributed by atoms with E-state index in [-0.39, 0.29) is 34.7 Å². The van der Waals surface area contributed by atoms with Crippen LogP contribution in [0.4, 0.5) is 0 Å². The molecule has 0 bridgehead atoms. The topological polar surface area (TPSA) is 63.6 Å². The van der Waals surface area contributed by atoms with Gasteiger partial charge in [-0.25, -0.2) is 0 Å². The Labute approximate surface area is 156 Å². The zero-order chi connectivity index (χ0) is 19.3. The van der Waals surface area contributed by atoms with Gasteiger partial charge in [0.05, 0.1) is 5.41 Å². The van der Waals surface area contributed by atoms with E-state index in [1.807, 2.05) is 13.0 Å². The number of aliphatic carboxylic acids is 1. The summed E-state index contributed by atoms with van der Waals surface area (Å²) in [6.45, 7) is 11.8. The number of carboxylic acids is 1. The Morgan fingerprint density at radius 1 is 1.31 bits per heavy atom. The third kappa shape index (κ3) is 2.82. The number of hydrogen-bond donors (Lipinski definition) is 1. The average molecular weight is 360 g/mol. The third-order valence-corrected chi connectivity index (χ3v) is 7.65. The number of ether oxygens (including phenoxy) is 1. The summed E-state index contributed by atoms with van der Waals surface area (Å²) < 4.78 is 5.83. The lowest BCUT2D eigenvalue weighted by atomic mass is 9.45. The monoisotopic (exact) mass is 360 g/mol. The highest BCUT2D eigenvalue weighted by Crippen LogP contribution is 2.64. The van der Waals surface area contributed by atoms with Gasteiger partial charge < -0.3 is 9.84 Å². The molecule has 6 atom stereocenters. The van der Waals surface area contributed by atoms with Crippen molar-refractivity contribution < 1.29 is 19.4 Å². The van der Waals surface area contributed by atoms with E-state index in [4.69, 9.17) is 4.74 Å². The Balaban J connectivity index is 2.07. The maximum absolute atomic E-state index is 12.1. The second-order valence-corrected chi connectivity index (χ2v) is 9.51. The van der Waals surface area contributed by atoms with Gasteiger partial charge in [0.25, 0.3) is 0 Å². The number of carbonyl (C=O) groups is 2. The van der Waals surface area contributed by atoms with Crippen LogP contribution in [0, 0.1) is 28.1 Å². The van der Waals surface area contributed by atoms with E-state index in [0.717, 1.165) is 38.5 Å². The number of allylic oxidation sites excluding steroid dienone is 2. The first-order chi connectivity index (χ1) is 12.1. The minimum Gasteiger partial charge on any atom is -0.481 e. The second kappa shape index (κ2) is 6.24. The Kier molecular flexibility index (Phi) is 4.61. The fourth-order valence-corrected chi connectivity index (χ4v) is 6.33. The molecule has 0 amide bonds. The quantitative estimate of drug-likeness (QED) is 0.583. The van der Waals surface area contributed by atoms with Crippen molar-refractivity contribution >= 4 is 11.9 Å². The van der Waals surface area contributed by atoms with E-state index in [9.17, 15) is 14.7 Å². The first-order valence-electron chi connectivity index (χ1n) is 9.79. The van der Waals surface area contributed by atoms with Gasteiger partial charge in [0.2, 0.25) is 0 Å². The maximum atomic E-state index is 12.1. The molecule has 4 nitrogen and oxygen atoms in total. The third-order valence-electron chi connectivity index (χ3n) is 7.65. The highest BCUT2D eigenvalue weighted by atomic mass is 16.5. The van der Waals surface area contributed by atoms with Gasteiger partial charge in [-0.15, -0.1) is 6.58 Å². The molecule has 3 aliphatic rings. The number of hydrogen-bond acceptors (Lipinski definition) is 3. The molecular formula is C22H32O4. The lowest BCUT2D eigenvalue weighted by Crippen LogP contribution is -2.57. The molecule has 3 rings (SSSR count). The fourth-order valence-electron chi connectivity index (χ4n) is 6.33. The molecule has 0 saturated heterocycles. The molecule has 0 heterocycles. The number of carbonyl (C=O) groups excluding carboxylic acids is 1. The normalized spacial score (nSPS) is 44.9. The summed E-state index contributed by atoms with van der Waals surface area (Å²) >= 11 is 0. The van der Waals surface area contributed by atoms with Crippen molar-refractivity contribution in [1.82, 2.24) is 0 Å². The largest absolute Gasteiger partial charge is 0.481 e. The van der Waals surface area contributed by atoms with Gasteiger partial charge in [0.15, 0.2) is 0 Å². The van der Waals surface area contributed by atoms with Crippen LogP contribution in [0.25, 0.3) is 0 Å². The van der Waals surface area contributed by atoms with Crippen LogP contribution in [0.5, 0.6) is 0 Å². The molecule has 0 unspecified atom stereocenters. The molecule has 4 heteroatoms. The van der Waals surface area contributed by atoms with E-state index in [2.05, 4.69) is 26.5 Å². The standard InChI is InChI=1S/C22H32O4/c1-6-20(3)12-15-8-9-17-21(4,10-7-11-22(17,5)19(24)25)18(15)16(13-20)26-14(2)23/h6,8,16-18H,1,7,9-13H2,2-5H3,(H,24,25)/t16-,17-,18-,20-,21+,22-/m1/s1. The van der Waals surface area contributed by atoms with E-state index in [0.29, 0.717) is 0 Å². The summed E-state index contributed by atoms with van der Waals surface area (Å²) in [6, 6.07) is 0. The van der Waals surface area contributed by atoms with Crippen LogP contribution < -0.4 is 0 Å². The van der Waals surface area contributed by atoms with Gasteiger partial charge in [0, 0.05) is 12.8 Å². The molecule has 0 aromatic heterocycles.